The largest absolute Gasteiger partial charge is 0.379 e. The van der Waals surface area contributed by atoms with Gasteiger partial charge < -0.3 is 19.9 Å². The zero-order chi connectivity index (χ0) is 18.4. The molecule has 0 saturated carbocycles. The molecule has 3 fully saturated rings. The lowest BCUT2D eigenvalue weighted by molar-refractivity contribution is 0.0195. The molecule has 3 saturated heterocycles. The van der Waals surface area contributed by atoms with Crippen LogP contribution in [0.5, 0.6) is 0 Å². The topological polar surface area (TPSA) is 43.3 Å². The van der Waals surface area contributed by atoms with Gasteiger partial charge in [-0.05, 0) is 52.5 Å². The van der Waals surface area contributed by atoms with E-state index in [0.29, 0.717) is 18.0 Å². The maximum Gasteiger partial charge on any atom is 0.193 e. The summed E-state index contributed by atoms with van der Waals surface area (Å²) in [5.41, 5.74) is 0. The van der Waals surface area contributed by atoms with Crippen LogP contribution in [0, 0.1) is 5.92 Å². The monoisotopic (exact) mass is 365 g/mol. The van der Waals surface area contributed by atoms with Crippen molar-refractivity contribution in [2.24, 2.45) is 10.9 Å². The lowest BCUT2D eigenvalue weighted by Gasteiger charge is -2.35. The van der Waals surface area contributed by atoms with Gasteiger partial charge in [-0.1, -0.05) is 0 Å². The molecule has 3 rings (SSSR count). The zero-order valence-corrected chi connectivity index (χ0v) is 17.1. The van der Waals surface area contributed by atoms with E-state index in [1.807, 2.05) is 0 Å². The van der Waals surface area contributed by atoms with Crippen molar-refractivity contribution in [1.82, 2.24) is 20.0 Å². The summed E-state index contributed by atoms with van der Waals surface area (Å²) in [5, 5.41) is 3.54. The summed E-state index contributed by atoms with van der Waals surface area (Å²) >= 11 is 0. The third-order valence-corrected chi connectivity index (χ3v) is 6.14. The molecule has 3 aliphatic heterocycles. The normalized spacial score (nSPS) is 29.5. The summed E-state index contributed by atoms with van der Waals surface area (Å²) in [4.78, 5) is 12.8. The molecular weight excluding hydrogens is 326 g/mol. The number of morpholine rings is 1. The second kappa shape index (κ2) is 9.90. The van der Waals surface area contributed by atoms with Crippen LogP contribution in [0.3, 0.4) is 0 Å². The SMILES string of the molecule is CCNC(=NCC1CCCN(C(C)C)C1)N1CCC(N2CCOCC2)C1. The van der Waals surface area contributed by atoms with Crippen LogP contribution in [-0.2, 0) is 4.74 Å². The maximum atomic E-state index is 5.51. The van der Waals surface area contributed by atoms with Gasteiger partial charge in [0.25, 0.3) is 0 Å². The standard InChI is InChI=1S/C20H39N5O/c1-4-21-20(22-14-18-6-5-8-24(15-18)17(2)3)25-9-7-19(16-25)23-10-12-26-13-11-23/h17-19H,4-16H2,1-3H3,(H,21,22). The highest BCUT2D eigenvalue weighted by Gasteiger charge is 2.30. The Morgan fingerprint density at radius 3 is 2.65 bits per heavy atom. The Balaban J connectivity index is 1.53. The first-order valence-corrected chi connectivity index (χ1v) is 10.8. The van der Waals surface area contributed by atoms with E-state index in [1.54, 1.807) is 0 Å². The first-order chi connectivity index (χ1) is 12.7. The van der Waals surface area contributed by atoms with Crippen LogP contribution in [0.1, 0.15) is 40.0 Å². The summed E-state index contributed by atoms with van der Waals surface area (Å²) < 4.78 is 5.51. The molecule has 3 heterocycles. The van der Waals surface area contributed by atoms with Crippen molar-refractivity contribution in [2.75, 3.05) is 65.6 Å². The van der Waals surface area contributed by atoms with E-state index in [1.165, 1.54) is 32.4 Å². The molecule has 0 aromatic rings. The molecule has 2 atom stereocenters. The molecule has 1 N–H and O–H groups in total. The van der Waals surface area contributed by atoms with E-state index < -0.39 is 0 Å². The van der Waals surface area contributed by atoms with E-state index in [4.69, 9.17) is 9.73 Å². The fraction of sp³-hybridized carbons (Fsp3) is 0.950. The average molecular weight is 366 g/mol. The Morgan fingerprint density at radius 2 is 1.92 bits per heavy atom. The fourth-order valence-corrected chi connectivity index (χ4v) is 4.53. The molecule has 0 aromatic heterocycles. The number of aliphatic imine (C=N–C) groups is 1. The lowest BCUT2D eigenvalue weighted by Crippen LogP contribution is -2.47. The Kier molecular flexibility index (Phi) is 7.58. The van der Waals surface area contributed by atoms with Crippen molar-refractivity contribution in [3.8, 4) is 0 Å². The minimum atomic E-state index is 0.655. The van der Waals surface area contributed by atoms with Crippen LogP contribution in [0.4, 0.5) is 0 Å². The Morgan fingerprint density at radius 1 is 1.12 bits per heavy atom. The minimum Gasteiger partial charge on any atom is -0.379 e. The van der Waals surface area contributed by atoms with Crippen molar-refractivity contribution >= 4 is 5.96 Å². The number of guanidine groups is 1. The van der Waals surface area contributed by atoms with Gasteiger partial charge in [0.1, 0.15) is 0 Å². The van der Waals surface area contributed by atoms with Crippen LogP contribution >= 0.6 is 0 Å². The molecule has 0 spiro atoms. The number of nitrogens with zero attached hydrogens (tertiary/aromatic N) is 4. The second-order valence-electron chi connectivity index (χ2n) is 8.33. The fourth-order valence-electron chi connectivity index (χ4n) is 4.53. The Hall–Kier alpha value is -0.850. The van der Waals surface area contributed by atoms with Gasteiger partial charge >= 0.3 is 0 Å². The maximum absolute atomic E-state index is 5.51. The van der Waals surface area contributed by atoms with Crippen molar-refractivity contribution in [1.29, 1.82) is 0 Å². The van der Waals surface area contributed by atoms with E-state index >= 15 is 0 Å². The number of piperidine rings is 1. The predicted molar refractivity (Wildman–Crippen MR) is 108 cm³/mol. The third kappa shape index (κ3) is 5.33. The van der Waals surface area contributed by atoms with Gasteiger partial charge in [0.15, 0.2) is 5.96 Å². The van der Waals surface area contributed by atoms with Crippen molar-refractivity contribution < 1.29 is 4.74 Å². The number of nitrogens with one attached hydrogen (secondary N) is 1. The zero-order valence-electron chi connectivity index (χ0n) is 17.1. The van der Waals surface area contributed by atoms with Crippen LogP contribution in [0.25, 0.3) is 0 Å². The Bertz CT molecular complexity index is 449. The van der Waals surface area contributed by atoms with Crippen molar-refractivity contribution in [3.05, 3.63) is 0 Å². The Labute approximate surface area is 159 Å². The molecule has 0 radical (unpaired) electrons. The molecular formula is C20H39N5O. The van der Waals surface area contributed by atoms with E-state index in [0.717, 1.165) is 58.4 Å². The highest BCUT2D eigenvalue weighted by Crippen LogP contribution is 2.20. The van der Waals surface area contributed by atoms with E-state index in [9.17, 15) is 0 Å². The highest BCUT2D eigenvalue weighted by molar-refractivity contribution is 5.80. The molecule has 0 aliphatic carbocycles. The van der Waals surface area contributed by atoms with Gasteiger partial charge in [0.2, 0.25) is 0 Å². The molecule has 0 aromatic carbocycles. The summed E-state index contributed by atoms with van der Waals surface area (Å²) in [6, 6.07) is 1.32. The summed E-state index contributed by atoms with van der Waals surface area (Å²) in [5.74, 6) is 1.84. The van der Waals surface area contributed by atoms with Crippen LogP contribution < -0.4 is 5.32 Å². The van der Waals surface area contributed by atoms with Crippen molar-refractivity contribution in [2.45, 2.75) is 52.1 Å². The van der Waals surface area contributed by atoms with Gasteiger partial charge in [-0.3, -0.25) is 9.89 Å². The number of likely N-dealkylation sites (tertiary alicyclic amines) is 2. The lowest BCUT2D eigenvalue weighted by atomic mass is 9.97. The highest BCUT2D eigenvalue weighted by atomic mass is 16.5. The second-order valence-corrected chi connectivity index (χ2v) is 8.33. The molecule has 0 bridgehead atoms. The molecule has 3 aliphatic rings. The molecule has 6 nitrogen and oxygen atoms in total. The van der Waals surface area contributed by atoms with Crippen LogP contribution in [0.15, 0.2) is 4.99 Å². The number of ether oxygens (including phenoxy) is 1. The number of hydrogen-bond acceptors (Lipinski definition) is 4. The predicted octanol–water partition coefficient (Wildman–Crippen LogP) is 1.48. The van der Waals surface area contributed by atoms with E-state index in [2.05, 4.69) is 40.8 Å². The molecule has 2 unspecified atom stereocenters. The minimum absolute atomic E-state index is 0.655. The smallest absolute Gasteiger partial charge is 0.193 e. The number of hydrogen-bond donors (Lipinski definition) is 1. The summed E-state index contributed by atoms with van der Waals surface area (Å²) in [6.07, 6.45) is 3.88. The van der Waals surface area contributed by atoms with Gasteiger partial charge in [-0.2, -0.15) is 0 Å². The average Bonchev–Trinajstić information content (AvgIpc) is 3.16. The molecule has 0 amide bonds. The first-order valence-electron chi connectivity index (χ1n) is 10.8. The van der Waals surface area contributed by atoms with Gasteiger partial charge in [0.05, 0.1) is 13.2 Å². The quantitative estimate of drug-likeness (QED) is 0.590. The summed E-state index contributed by atoms with van der Waals surface area (Å²) in [7, 11) is 0. The van der Waals surface area contributed by atoms with Crippen LogP contribution in [-0.4, -0.2) is 98.3 Å². The van der Waals surface area contributed by atoms with Gasteiger partial charge in [0, 0.05) is 57.9 Å². The van der Waals surface area contributed by atoms with Crippen molar-refractivity contribution in [3.63, 3.8) is 0 Å². The first kappa shape index (κ1) is 19.9. The van der Waals surface area contributed by atoms with Crippen LogP contribution in [0.2, 0.25) is 0 Å². The molecule has 6 heteroatoms. The molecule has 26 heavy (non-hydrogen) atoms. The summed E-state index contributed by atoms with van der Waals surface area (Å²) in [6.45, 7) is 17.3. The number of rotatable bonds is 5. The van der Waals surface area contributed by atoms with Gasteiger partial charge in [-0.25, -0.2) is 0 Å². The molecule has 150 valence electrons. The van der Waals surface area contributed by atoms with Gasteiger partial charge in [-0.15, -0.1) is 0 Å². The van der Waals surface area contributed by atoms with E-state index in [-0.39, 0.29) is 0 Å². The third-order valence-electron chi connectivity index (χ3n) is 6.14.